The summed E-state index contributed by atoms with van der Waals surface area (Å²) in [5.41, 5.74) is 6.65. The van der Waals surface area contributed by atoms with E-state index >= 15 is 0 Å². The number of carbonyl (C=O) groups excluding carboxylic acids is 1. The second kappa shape index (κ2) is 6.34. The molecule has 0 aromatic carbocycles. The minimum Gasteiger partial charge on any atom is -0.338 e. The van der Waals surface area contributed by atoms with Crippen LogP contribution in [0, 0.1) is 6.92 Å². The summed E-state index contributed by atoms with van der Waals surface area (Å²) in [5.74, 6) is 0.118. The molecule has 1 atom stereocenters. The Bertz CT molecular complexity index is 494. The number of aryl methyl sites for hydroxylation is 1. The van der Waals surface area contributed by atoms with Gasteiger partial charge in [0, 0.05) is 43.2 Å². The fourth-order valence-electron chi connectivity index (χ4n) is 2.60. The van der Waals surface area contributed by atoms with Gasteiger partial charge in [0.25, 0.3) is 0 Å². The molecule has 2 rings (SSSR count). The number of piperidine rings is 1. The number of nitrogens with zero attached hydrogens (tertiary/aromatic N) is 2. The Morgan fingerprint density at radius 1 is 1.53 bits per heavy atom. The molecule has 2 N–H and O–H groups in total. The fourth-order valence-corrected chi connectivity index (χ4v) is 3.36. The Labute approximate surface area is 117 Å². The predicted molar refractivity (Wildman–Crippen MR) is 76.3 cm³/mol. The van der Waals surface area contributed by atoms with Gasteiger partial charge in [0.1, 0.15) is 0 Å². The summed E-state index contributed by atoms with van der Waals surface area (Å²) in [6, 6.07) is 0.182. The fraction of sp³-hybridized carbons (Fsp3) is 0.692. The number of hydrogen-bond acceptors (Lipinski definition) is 4. The molecule has 1 aliphatic rings. The lowest BCUT2D eigenvalue weighted by atomic mass is 10.0. The van der Waals surface area contributed by atoms with Crippen LogP contribution >= 0.6 is 11.3 Å². The van der Waals surface area contributed by atoms with Crippen molar-refractivity contribution in [3.8, 4) is 0 Å². The predicted octanol–water partition coefficient (Wildman–Crippen LogP) is 0.948. The third kappa shape index (κ3) is 3.25. The van der Waals surface area contributed by atoms with Crippen LogP contribution < -0.4 is 10.6 Å². The van der Waals surface area contributed by atoms with Gasteiger partial charge in [0.05, 0.1) is 0 Å². The van der Waals surface area contributed by atoms with Crippen LogP contribution in [0.3, 0.4) is 0 Å². The Kier molecular flexibility index (Phi) is 4.76. The molecule has 106 valence electrons. The molecule has 1 unspecified atom stereocenters. The van der Waals surface area contributed by atoms with Crippen molar-refractivity contribution in [3.63, 3.8) is 0 Å². The molecule has 1 amide bonds. The molecule has 0 aliphatic carbocycles. The molecule has 1 fully saturated rings. The maximum Gasteiger partial charge on any atom is 0.307 e. The number of hydrogen-bond donors (Lipinski definition) is 1. The highest BCUT2D eigenvalue weighted by Gasteiger charge is 2.25. The van der Waals surface area contributed by atoms with Crippen molar-refractivity contribution in [2.75, 3.05) is 13.1 Å². The molecule has 0 radical (unpaired) electrons. The lowest BCUT2D eigenvalue weighted by molar-refractivity contribution is -0.134. The van der Waals surface area contributed by atoms with E-state index in [1.165, 1.54) is 11.3 Å². The zero-order chi connectivity index (χ0) is 13.8. The summed E-state index contributed by atoms with van der Waals surface area (Å²) in [7, 11) is 0. The summed E-state index contributed by atoms with van der Waals surface area (Å²) in [4.78, 5) is 25.7. The molecular formula is C13H21N3O2S. The maximum absolute atomic E-state index is 12.2. The molecule has 5 nitrogen and oxygen atoms in total. The summed E-state index contributed by atoms with van der Waals surface area (Å²) in [6.45, 7) is 3.70. The van der Waals surface area contributed by atoms with Crippen LogP contribution in [0.15, 0.2) is 10.2 Å². The van der Waals surface area contributed by atoms with E-state index in [0.29, 0.717) is 19.5 Å². The van der Waals surface area contributed by atoms with Crippen LogP contribution in [0.1, 0.15) is 31.4 Å². The molecule has 2 heterocycles. The van der Waals surface area contributed by atoms with Gasteiger partial charge in [-0.1, -0.05) is 11.3 Å². The third-order valence-corrected chi connectivity index (χ3v) is 4.63. The molecule has 6 heteroatoms. The molecule has 0 saturated carbocycles. The highest BCUT2D eigenvalue weighted by Crippen LogP contribution is 2.17. The van der Waals surface area contributed by atoms with Gasteiger partial charge in [-0.05, 0) is 26.2 Å². The van der Waals surface area contributed by atoms with Gasteiger partial charge in [-0.3, -0.25) is 9.59 Å². The highest BCUT2D eigenvalue weighted by atomic mass is 32.1. The molecule has 0 spiro atoms. The van der Waals surface area contributed by atoms with E-state index in [9.17, 15) is 9.59 Å². The van der Waals surface area contributed by atoms with Crippen LogP contribution in [-0.2, 0) is 11.3 Å². The Balaban J connectivity index is 1.95. The van der Waals surface area contributed by atoms with Crippen LogP contribution in [-0.4, -0.2) is 34.5 Å². The lowest BCUT2D eigenvalue weighted by Crippen LogP contribution is -2.47. The summed E-state index contributed by atoms with van der Waals surface area (Å²) >= 11 is 1.19. The van der Waals surface area contributed by atoms with Crippen molar-refractivity contribution >= 4 is 17.2 Å². The number of rotatable bonds is 4. The second-order valence-electron chi connectivity index (χ2n) is 5.02. The average Bonchev–Trinajstić information content (AvgIpc) is 2.75. The van der Waals surface area contributed by atoms with E-state index in [0.717, 1.165) is 31.5 Å². The first-order valence-corrected chi connectivity index (χ1v) is 7.66. The zero-order valence-corrected chi connectivity index (χ0v) is 12.1. The minimum atomic E-state index is 0.0133. The first kappa shape index (κ1) is 14.3. The molecule has 1 aromatic heterocycles. The van der Waals surface area contributed by atoms with Crippen molar-refractivity contribution in [1.82, 2.24) is 9.47 Å². The van der Waals surface area contributed by atoms with Crippen molar-refractivity contribution in [3.05, 3.63) is 20.7 Å². The van der Waals surface area contributed by atoms with E-state index in [-0.39, 0.29) is 16.8 Å². The number of thiazole rings is 1. The summed E-state index contributed by atoms with van der Waals surface area (Å²) in [6.07, 6.45) is 3.59. The van der Waals surface area contributed by atoms with Crippen molar-refractivity contribution in [2.45, 2.75) is 45.2 Å². The Morgan fingerprint density at radius 2 is 2.32 bits per heavy atom. The highest BCUT2D eigenvalue weighted by molar-refractivity contribution is 7.07. The number of nitrogens with two attached hydrogens (primary N) is 1. The average molecular weight is 283 g/mol. The SMILES string of the molecule is Cc1csc(=O)n1CCC(=O)N1CCCCC1CN. The number of amides is 1. The summed E-state index contributed by atoms with van der Waals surface area (Å²) < 4.78 is 1.67. The van der Waals surface area contributed by atoms with E-state index in [4.69, 9.17) is 5.73 Å². The van der Waals surface area contributed by atoms with E-state index < -0.39 is 0 Å². The van der Waals surface area contributed by atoms with Crippen LogP contribution in [0.25, 0.3) is 0 Å². The van der Waals surface area contributed by atoms with Gasteiger partial charge in [-0.2, -0.15) is 0 Å². The lowest BCUT2D eigenvalue weighted by Gasteiger charge is -2.35. The number of carbonyl (C=O) groups is 1. The van der Waals surface area contributed by atoms with Gasteiger partial charge in [0.15, 0.2) is 0 Å². The van der Waals surface area contributed by atoms with E-state index in [1.54, 1.807) is 4.57 Å². The Morgan fingerprint density at radius 3 is 2.95 bits per heavy atom. The van der Waals surface area contributed by atoms with E-state index in [1.807, 2.05) is 17.2 Å². The van der Waals surface area contributed by atoms with Crippen LogP contribution in [0.4, 0.5) is 0 Å². The zero-order valence-electron chi connectivity index (χ0n) is 11.3. The molecule has 1 saturated heterocycles. The van der Waals surface area contributed by atoms with Crippen LogP contribution in [0.5, 0.6) is 0 Å². The quantitative estimate of drug-likeness (QED) is 0.894. The Hall–Kier alpha value is -1.14. The van der Waals surface area contributed by atoms with Crippen molar-refractivity contribution in [2.24, 2.45) is 5.73 Å². The standard InChI is InChI=1S/C13H21N3O2S/c1-10-9-19-13(18)15(10)7-5-12(17)16-6-3-2-4-11(16)8-14/h9,11H,2-8,14H2,1H3. The van der Waals surface area contributed by atoms with Gasteiger partial charge in [-0.25, -0.2) is 0 Å². The summed E-state index contributed by atoms with van der Waals surface area (Å²) in [5, 5.41) is 1.83. The van der Waals surface area contributed by atoms with E-state index in [2.05, 4.69) is 0 Å². The molecule has 0 bridgehead atoms. The molecule has 1 aliphatic heterocycles. The monoisotopic (exact) mass is 283 g/mol. The van der Waals surface area contributed by atoms with Gasteiger partial charge >= 0.3 is 4.87 Å². The van der Waals surface area contributed by atoms with Crippen LogP contribution in [0.2, 0.25) is 0 Å². The number of likely N-dealkylation sites (tertiary alicyclic amines) is 1. The molecule has 1 aromatic rings. The molecule has 19 heavy (non-hydrogen) atoms. The maximum atomic E-state index is 12.2. The largest absolute Gasteiger partial charge is 0.338 e. The topological polar surface area (TPSA) is 68.3 Å². The van der Waals surface area contributed by atoms with Crippen molar-refractivity contribution < 1.29 is 4.79 Å². The molecular weight excluding hydrogens is 262 g/mol. The minimum absolute atomic E-state index is 0.0133. The normalized spacial score (nSPS) is 19.7. The van der Waals surface area contributed by atoms with Gasteiger partial charge in [0.2, 0.25) is 5.91 Å². The second-order valence-corrected chi connectivity index (χ2v) is 5.84. The smallest absolute Gasteiger partial charge is 0.307 e. The third-order valence-electron chi connectivity index (χ3n) is 3.75. The van der Waals surface area contributed by atoms with Gasteiger partial charge < -0.3 is 15.2 Å². The first-order chi connectivity index (χ1) is 9.13. The van der Waals surface area contributed by atoms with Crippen molar-refractivity contribution in [1.29, 1.82) is 0 Å². The number of aromatic nitrogens is 1. The van der Waals surface area contributed by atoms with Gasteiger partial charge in [-0.15, -0.1) is 0 Å². The first-order valence-electron chi connectivity index (χ1n) is 6.78.